The number of nitrogen functional groups attached to an aromatic ring is 1. The highest BCUT2D eigenvalue weighted by molar-refractivity contribution is 6.02. The third-order valence-corrected chi connectivity index (χ3v) is 3.57. The summed E-state index contributed by atoms with van der Waals surface area (Å²) in [6.45, 7) is 8.29. The molecule has 0 aliphatic rings. The van der Waals surface area contributed by atoms with Gasteiger partial charge >= 0.3 is 0 Å². The highest BCUT2D eigenvalue weighted by Crippen LogP contribution is 2.17. The molecule has 0 aromatic carbocycles. The third-order valence-electron chi connectivity index (χ3n) is 3.57. The standard InChI is InChI=1S/C16H24N6O/c1-5-11(4)22-14(6-7-18-22)21-15(23)13-9-12(8-10(2)3)19-16(17)20-13/h6-7,9-11H,5,8H2,1-4H3,(H,21,23)(H2,17,19,20)/t11-/m0/s1. The number of hydrogen-bond acceptors (Lipinski definition) is 5. The SMILES string of the molecule is CC[C@H](C)n1nccc1NC(=O)c1cc(CC(C)C)nc(N)n1. The minimum atomic E-state index is -0.311. The van der Waals surface area contributed by atoms with E-state index in [1.807, 2.05) is 6.92 Å². The summed E-state index contributed by atoms with van der Waals surface area (Å²) in [4.78, 5) is 20.7. The van der Waals surface area contributed by atoms with Gasteiger partial charge in [0.15, 0.2) is 0 Å². The first-order valence-electron chi connectivity index (χ1n) is 7.89. The minimum Gasteiger partial charge on any atom is -0.368 e. The van der Waals surface area contributed by atoms with Crippen molar-refractivity contribution in [1.29, 1.82) is 0 Å². The van der Waals surface area contributed by atoms with Crippen molar-refractivity contribution in [2.45, 2.75) is 46.6 Å². The second kappa shape index (κ2) is 7.21. The van der Waals surface area contributed by atoms with Crippen molar-refractivity contribution in [3.63, 3.8) is 0 Å². The van der Waals surface area contributed by atoms with Crippen molar-refractivity contribution in [2.75, 3.05) is 11.1 Å². The number of anilines is 2. The lowest BCUT2D eigenvalue weighted by Crippen LogP contribution is -2.19. The summed E-state index contributed by atoms with van der Waals surface area (Å²) < 4.78 is 1.79. The Balaban J connectivity index is 2.21. The van der Waals surface area contributed by atoms with Gasteiger partial charge in [-0.25, -0.2) is 14.6 Å². The van der Waals surface area contributed by atoms with Crippen LogP contribution in [0.3, 0.4) is 0 Å². The van der Waals surface area contributed by atoms with Crippen LogP contribution >= 0.6 is 0 Å². The summed E-state index contributed by atoms with van der Waals surface area (Å²) in [6, 6.07) is 3.66. The Morgan fingerprint density at radius 1 is 1.35 bits per heavy atom. The zero-order chi connectivity index (χ0) is 17.0. The van der Waals surface area contributed by atoms with E-state index < -0.39 is 0 Å². The lowest BCUT2D eigenvalue weighted by molar-refractivity contribution is 0.102. The summed E-state index contributed by atoms with van der Waals surface area (Å²) in [6.07, 6.45) is 3.33. The van der Waals surface area contributed by atoms with Crippen LogP contribution in [0.2, 0.25) is 0 Å². The molecule has 2 rings (SSSR count). The number of nitrogens with two attached hydrogens (primary N) is 1. The number of nitrogens with one attached hydrogen (secondary N) is 1. The molecule has 0 aliphatic carbocycles. The summed E-state index contributed by atoms with van der Waals surface area (Å²) in [7, 11) is 0. The monoisotopic (exact) mass is 316 g/mol. The Morgan fingerprint density at radius 2 is 2.09 bits per heavy atom. The van der Waals surface area contributed by atoms with Gasteiger partial charge in [0, 0.05) is 11.8 Å². The lowest BCUT2D eigenvalue weighted by Gasteiger charge is -2.14. The molecule has 23 heavy (non-hydrogen) atoms. The van der Waals surface area contributed by atoms with Crippen molar-refractivity contribution in [3.05, 3.63) is 29.7 Å². The predicted octanol–water partition coefficient (Wildman–Crippen LogP) is 2.68. The van der Waals surface area contributed by atoms with E-state index in [9.17, 15) is 4.79 Å². The quantitative estimate of drug-likeness (QED) is 0.853. The summed E-state index contributed by atoms with van der Waals surface area (Å²) >= 11 is 0. The maximum absolute atomic E-state index is 12.5. The van der Waals surface area contributed by atoms with Gasteiger partial charge in [0.2, 0.25) is 5.95 Å². The third kappa shape index (κ3) is 4.28. The molecule has 2 aromatic heterocycles. The summed E-state index contributed by atoms with van der Waals surface area (Å²) in [5.74, 6) is 0.872. The molecular weight excluding hydrogens is 292 g/mol. The fraction of sp³-hybridized carbons (Fsp3) is 0.500. The number of carbonyl (C=O) groups excluding carboxylic acids is 1. The molecule has 124 valence electrons. The van der Waals surface area contributed by atoms with Gasteiger partial charge in [-0.15, -0.1) is 0 Å². The summed E-state index contributed by atoms with van der Waals surface area (Å²) in [5, 5.41) is 7.10. The second-order valence-electron chi connectivity index (χ2n) is 6.07. The number of rotatable bonds is 6. The zero-order valence-corrected chi connectivity index (χ0v) is 14.1. The molecule has 0 unspecified atom stereocenters. The van der Waals surface area contributed by atoms with E-state index in [2.05, 4.69) is 41.2 Å². The highest BCUT2D eigenvalue weighted by atomic mass is 16.2. The number of hydrogen-bond donors (Lipinski definition) is 2. The Morgan fingerprint density at radius 3 is 2.74 bits per heavy atom. The molecule has 2 heterocycles. The Kier molecular flexibility index (Phi) is 5.31. The van der Waals surface area contributed by atoms with E-state index in [4.69, 9.17) is 5.73 Å². The number of nitrogens with zero attached hydrogens (tertiary/aromatic N) is 4. The van der Waals surface area contributed by atoms with Gasteiger partial charge in [-0.1, -0.05) is 20.8 Å². The Hall–Kier alpha value is -2.44. The lowest BCUT2D eigenvalue weighted by atomic mass is 10.1. The first-order chi connectivity index (χ1) is 10.9. The van der Waals surface area contributed by atoms with E-state index in [1.54, 1.807) is 23.0 Å². The molecule has 2 aromatic rings. The molecule has 0 aliphatic heterocycles. The van der Waals surface area contributed by atoms with Gasteiger partial charge < -0.3 is 11.1 Å². The summed E-state index contributed by atoms with van der Waals surface area (Å²) in [5.41, 5.74) is 6.77. The molecule has 0 fully saturated rings. The van der Waals surface area contributed by atoms with Gasteiger partial charge in [-0.3, -0.25) is 4.79 Å². The molecule has 0 radical (unpaired) electrons. The van der Waals surface area contributed by atoms with E-state index in [0.717, 1.165) is 18.5 Å². The van der Waals surface area contributed by atoms with E-state index in [0.29, 0.717) is 11.7 Å². The molecule has 0 saturated carbocycles. The van der Waals surface area contributed by atoms with Crippen LogP contribution in [0.5, 0.6) is 0 Å². The van der Waals surface area contributed by atoms with Crippen LogP contribution < -0.4 is 11.1 Å². The van der Waals surface area contributed by atoms with E-state index in [-0.39, 0.29) is 23.6 Å². The van der Waals surface area contributed by atoms with E-state index in [1.165, 1.54) is 0 Å². The van der Waals surface area contributed by atoms with Crippen LogP contribution in [0.1, 0.15) is 56.3 Å². The van der Waals surface area contributed by atoms with Crippen LogP contribution in [0.25, 0.3) is 0 Å². The molecule has 1 amide bonds. The molecular formula is C16H24N6O. The smallest absolute Gasteiger partial charge is 0.275 e. The molecule has 0 bridgehead atoms. The Bertz CT molecular complexity index is 679. The molecule has 3 N–H and O–H groups in total. The van der Waals surface area contributed by atoms with Gasteiger partial charge in [-0.2, -0.15) is 5.10 Å². The van der Waals surface area contributed by atoms with Gasteiger partial charge in [0.25, 0.3) is 5.91 Å². The average Bonchev–Trinajstić information content (AvgIpc) is 2.93. The average molecular weight is 316 g/mol. The molecule has 7 nitrogen and oxygen atoms in total. The second-order valence-corrected chi connectivity index (χ2v) is 6.07. The van der Waals surface area contributed by atoms with Crippen molar-refractivity contribution in [1.82, 2.24) is 19.7 Å². The van der Waals surface area contributed by atoms with Crippen LogP contribution in [0.15, 0.2) is 18.3 Å². The molecule has 0 spiro atoms. The number of carbonyl (C=O) groups is 1. The topological polar surface area (TPSA) is 98.7 Å². The number of aromatic nitrogens is 4. The largest absolute Gasteiger partial charge is 0.368 e. The van der Waals surface area contributed by atoms with Gasteiger partial charge in [0.05, 0.1) is 12.2 Å². The highest BCUT2D eigenvalue weighted by Gasteiger charge is 2.15. The zero-order valence-electron chi connectivity index (χ0n) is 14.1. The van der Waals surface area contributed by atoms with Crippen LogP contribution in [-0.2, 0) is 6.42 Å². The van der Waals surface area contributed by atoms with Crippen LogP contribution in [0, 0.1) is 5.92 Å². The first-order valence-corrected chi connectivity index (χ1v) is 7.89. The normalized spacial score (nSPS) is 12.4. The van der Waals surface area contributed by atoms with Crippen LogP contribution in [-0.4, -0.2) is 25.7 Å². The van der Waals surface area contributed by atoms with Gasteiger partial charge in [-0.05, 0) is 31.7 Å². The molecule has 1 atom stereocenters. The maximum atomic E-state index is 12.5. The van der Waals surface area contributed by atoms with Crippen LogP contribution in [0.4, 0.5) is 11.8 Å². The van der Waals surface area contributed by atoms with Crippen molar-refractivity contribution in [2.24, 2.45) is 5.92 Å². The first kappa shape index (κ1) is 16.9. The minimum absolute atomic E-state index is 0.115. The van der Waals surface area contributed by atoms with E-state index >= 15 is 0 Å². The predicted molar refractivity (Wildman–Crippen MR) is 90.2 cm³/mol. The van der Waals surface area contributed by atoms with Crippen molar-refractivity contribution in [3.8, 4) is 0 Å². The number of amides is 1. The van der Waals surface area contributed by atoms with Crippen molar-refractivity contribution < 1.29 is 4.79 Å². The fourth-order valence-electron chi connectivity index (χ4n) is 2.27. The Labute approximate surface area is 136 Å². The molecule has 0 saturated heterocycles. The fourth-order valence-corrected chi connectivity index (χ4v) is 2.27. The van der Waals surface area contributed by atoms with Crippen molar-refractivity contribution >= 4 is 17.7 Å². The van der Waals surface area contributed by atoms with Gasteiger partial charge in [0.1, 0.15) is 11.5 Å². The molecule has 7 heteroatoms. The maximum Gasteiger partial charge on any atom is 0.275 e.